The minimum atomic E-state index is -0.230. The number of carbonyl (C=O) groups excluding carboxylic acids is 2. The highest BCUT2D eigenvalue weighted by atomic mass is 32.1. The van der Waals surface area contributed by atoms with Crippen molar-refractivity contribution in [3.63, 3.8) is 0 Å². The first-order valence-corrected chi connectivity index (χ1v) is 5.86. The van der Waals surface area contributed by atoms with Gasteiger partial charge in [0, 0.05) is 6.92 Å². The average molecular weight is 248 g/mol. The Labute approximate surface area is 100 Å². The number of thiophene rings is 1. The second kappa shape index (κ2) is 3.49. The minimum Gasteiger partial charge on any atom is -0.305 e. The van der Waals surface area contributed by atoms with Gasteiger partial charge in [0.15, 0.2) is 0 Å². The molecule has 0 spiro atoms. The summed E-state index contributed by atoms with van der Waals surface area (Å²) in [5.41, 5.74) is 1.27. The van der Waals surface area contributed by atoms with Crippen molar-refractivity contribution in [1.29, 1.82) is 0 Å². The summed E-state index contributed by atoms with van der Waals surface area (Å²) in [5, 5.41) is 9.25. The molecule has 3 heterocycles. The second-order valence-electron chi connectivity index (χ2n) is 3.68. The monoisotopic (exact) mass is 248 g/mol. The Kier molecular flexibility index (Phi) is 2.08. The quantitative estimate of drug-likeness (QED) is 0.694. The van der Waals surface area contributed by atoms with Gasteiger partial charge in [0.1, 0.15) is 4.88 Å². The third kappa shape index (κ3) is 1.39. The van der Waals surface area contributed by atoms with Gasteiger partial charge in [-0.25, -0.2) is 0 Å². The van der Waals surface area contributed by atoms with E-state index >= 15 is 0 Å². The van der Waals surface area contributed by atoms with Crippen molar-refractivity contribution in [3.8, 4) is 0 Å². The van der Waals surface area contributed by atoms with Crippen LogP contribution < -0.4 is 4.90 Å². The molecule has 0 aliphatic carbocycles. The van der Waals surface area contributed by atoms with E-state index in [9.17, 15) is 9.59 Å². The number of amides is 1. The van der Waals surface area contributed by atoms with Crippen molar-refractivity contribution in [1.82, 2.24) is 15.0 Å². The van der Waals surface area contributed by atoms with Crippen LogP contribution in [0.25, 0.3) is 0 Å². The first-order valence-electron chi connectivity index (χ1n) is 4.98. The van der Waals surface area contributed by atoms with Crippen molar-refractivity contribution < 1.29 is 9.59 Å². The molecule has 1 amide bonds. The van der Waals surface area contributed by atoms with Crippen LogP contribution in [0.5, 0.6) is 0 Å². The van der Waals surface area contributed by atoms with Crippen LogP contribution in [0.3, 0.4) is 0 Å². The molecule has 86 valence electrons. The lowest BCUT2D eigenvalue weighted by molar-refractivity contribution is -0.116. The van der Waals surface area contributed by atoms with Gasteiger partial charge in [0.25, 0.3) is 5.91 Å². The number of hydrogen-bond acceptors (Lipinski definition) is 5. The van der Waals surface area contributed by atoms with E-state index in [4.69, 9.17) is 0 Å². The van der Waals surface area contributed by atoms with Crippen molar-refractivity contribution in [2.45, 2.75) is 13.5 Å². The summed E-state index contributed by atoms with van der Waals surface area (Å²) >= 11 is 1.30. The largest absolute Gasteiger partial charge is 0.305 e. The van der Waals surface area contributed by atoms with Crippen LogP contribution in [0.2, 0.25) is 0 Å². The van der Waals surface area contributed by atoms with Gasteiger partial charge in [-0.1, -0.05) is 5.21 Å². The highest BCUT2D eigenvalue weighted by Crippen LogP contribution is 2.31. The fourth-order valence-corrected chi connectivity index (χ4v) is 2.65. The van der Waals surface area contributed by atoms with Crippen LogP contribution in [-0.4, -0.2) is 26.8 Å². The Bertz CT molecular complexity index is 615. The number of nitrogens with zero attached hydrogens (tertiary/aromatic N) is 4. The summed E-state index contributed by atoms with van der Waals surface area (Å²) in [4.78, 5) is 25.9. The Balaban J connectivity index is 2.24. The second-order valence-corrected chi connectivity index (χ2v) is 4.60. The van der Waals surface area contributed by atoms with Gasteiger partial charge in [-0.2, -0.15) is 4.68 Å². The summed E-state index contributed by atoms with van der Waals surface area (Å²) in [6, 6.07) is 1.78. The molecular weight excluding hydrogens is 240 g/mol. The molecule has 17 heavy (non-hydrogen) atoms. The molecule has 0 atom stereocenters. The average Bonchev–Trinajstić information content (AvgIpc) is 2.91. The maximum absolute atomic E-state index is 12.2. The molecule has 0 saturated carbocycles. The molecule has 6 nitrogen and oxygen atoms in total. The predicted octanol–water partition coefficient (Wildman–Crippen LogP) is 0.895. The lowest BCUT2D eigenvalue weighted by Crippen LogP contribution is -2.27. The van der Waals surface area contributed by atoms with Crippen LogP contribution in [0.15, 0.2) is 17.6 Å². The lowest BCUT2D eigenvalue weighted by atomic mass is 10.3. The van der Waals surface area contributed by atoms with Gasteiger partial charge in [-0.05, 0) is 11.4 Å². The number of rotatable bonds is 0. The Morgan fingerprint density at radius 1 is 1.53 bits per heavy atom. The zero-order valence-corrected chi connectivity index (χ0v) is 9.77. The third-order valence-electron chi connectivity index (χ3n) is 2.64. The van der Waals surface area contributed by atoms with Gasteiger partial charge in [-0.15, -0.1) is 16.4 Å². The summed E-state index contributed by atoms with van der Waals surface area (Å²) in [5.74, 6) is -0.335. The van der Waals surface area contributed by atoms with Gasteiger partial charge >= 0.3 is 0 Å². The van der Waals surface area contributed by atoms with E-state index < -0.39 is 0 Å². The molecule has 2 aromatic heterocycles. The van der Waals surface area contributed by atoms with Crippen molar-refractivity contribution in [3.05, 3.63) is 28.2 Å². The third-order valence-corrected chi connectivity index (χ3v) is 3.53. The summed E-state index contributed by atoms with van der Waals surface area (Å²) in [7, 11) is 0. The van der Waals surface area contributed by atoms with E-state index in [1.807, 2.05) is 0 Å². The van der Waals surface area contributed by atoms with Crippen molar-refractivity contribution >= 4 is 28.8 Å². The van der Waals surface area contributed by atoms with E-state index in [0.29, 0.717) is 22.8 Å². The first kappa shape index (κ1) is 10.2. The van der Waals surface area contributed by atoms with E-state index in [2.05, 4.69) is 10.3 Å². The molecule has 1 aliphatic rings. The van der Waals surface area contributed by atoms with Crippen LogP contribution >= 0.6 is 11.3 Å². The van der Waals surface area contributed by atoms with Gasteiger partial charge in [0.2, 0.25) is 5.91 Å². The van der Waals surface area contributed by atoms with Crippen LogP contribution in [-0.2, 0) is 11.3 Å². The van der Waals surface area contributed by atoms with E-state index in [-0.39, 0.29) is 11.8 Å². The molecule has 2 aromatic rings. The van der Waals surface area contributed by atoms with Crippen LogP contribution in [0, 0.1) is 0 Å². The maximum Gasteiger partial charge on any atom is 0.292 e. The lowest BCUT2D eigenvalue weighted by Gasteiger charge is -2.17. The normalized spacial score (nSPS) is 14.2. The zero-order chi connectivity index (χ0) is 12.0. The molecule has 7 heteroatoms. The smallest absolute Gasteiger partial charge is 0.292 e. The number of hydrogen-bond donors (Lipinski definition) is 0. The van der Waals surface area contributed by atoms with Gasteiger partial charge in [-0.3, -0.25) is 9.59 Å². The van der Waals surface area contributed by atoms with Crippen molar-refractivity contribution in [2.24, 2.45) is 0 Å². The van der Waals surface area contributed by atoms with Gasteiger partial charge < -0.3 is 4.90 Å². The fourth-order valence-electron chi connectivity index (χ4n) is 1.83. The zero-order valence-electron chi connectivity index (χ0n) is 8.95. The number of aromatic nitrogens is 3. The Hall–Kier alpha value is -2.02. The van der Waals surface area contributed by atoms with Gasteiger partial charge in [0.05, 0.1) is 24.1 Å². The molecule has 0 N–H and O–H groups in total. The molecule has 0 unspecified atom stereocenters. The number of carbonyl (C=O) groups is 2. The highest BCUT2D eigenvalue weighted by molar-refractivity contribution is 7.12. The molecule has 0 fully saturated rings. The standard InChI is InChI=1S/C10H8N4O2S/c1-6(15)13-5-7-4-11-12-14(7)10(16)9-8(13)2-3-17-9/h2-4H,5H2,1H3. The SMILES string of the molecule is CC(=O)N1Cc2cnnn2C(=O)c2sccc21. The first-order chi connectivity index (χ1) is 8.18. The summed E-state index contributed by atoms with van der Waals surface area (Å²) in [6.07, 6.45) is 1.50. The van der Waals surface area contributed by atoms with E-state index in [1.165, 1.54) is 29.1 Å². The minimum absolute atomic E-state index is 0.105. The Morgan fingerprint density at radius 3 is 3.12 bits per heavy atom. The molecule has 0 saturated heterocycles. The number of anilines is 1. The molecule has 0 radical (unpaired) electrons. The van der Waals surface area contributed by atoms with Crippen LogP contribution in [0.1, 0.15) is 22.3 Å². The van der Waals surface area contributed by atoms with Crippen molar-refractivity contribution in [2.75, 3.05) is 4.90 Å². The molecular formula is C10H8N4O2S. The summed E-state index contributed by atoms with van der Waals surface area (Å²) in [6.45, 7) is 1.79. The highest BCUT2D eigenvalue weighted by Gasteiger charge is 2.29. The Morgan fingerprint density at radius 2 is 2.35 bits per heavy atom. The fraction of sp³-hybridized carbons (Fsp3) is 0.200. The number of fused-ring (bicyclic) bond motifs is 2. The predicted molar refractivity (Wildman–Crippen MR) is 60.9 cm³/mol. The maximum atomic E-state index is 12.2. The van der Waals surface area contributed by atoms with E-state index in [1.54, 1.807) is 16.3 Å². The van der Waals surface area contributed by atoms with Crippen LogP contribution in [0.4, 0.5) is 5.69 Å². The molecule has 0 bridgehead atoms. The molecule has 3 rings (SSSR count). The topological polar surface area (TPSA) is 68.1 Å². The molecule has 1 aliphatic heterocycles. The molecule has 0 aromatic carbocycles. The van der Waals surface area contributed by atoms with E-state index in [0.717, 1.165) is 0 Å². The summed E-state index contributed by atoms with van der Waals surface area (Å²) < 4.78 is 1.25.